The Morgan fingerprint density at radius 1 is 0.921 bits per heavy atom. The van der Waals surface area contributed by atoms with Crippen molar-refractivity contribution < 1.29 is 18.7 Å². The highest BCUT2D eigenvalue weighted by atomic mass is 19.1. The molecule has 0 bridgehead atoms. The number of para-hydroxylation sites is 1. The standard InChI is InChI=1S/C27H24FN7O3/c28-21-10-8-20(9-11-21)24(36)38-23-12-6-19(7-13-23)18-29-34-26-31-25(30-22-4-2-1-3-5-22)32-27(33-26)35-14-16-37-17-15-35/h1-13,18H,14-17H2,(H2,30,31,32,33,34)/b29-18+. The van der Waals surface area contributed by atoms with Crippen LogP contribution < -0.4 is 20.4 Å². The maximum absolute atomic E-state index is 13.1. The number of carbonyl (C=O) groups is 1. The molecule has 5 rings (SSSR count). The van der Waals surface area contributed by atoms with Crippen LogP contribution in [0.25, 0.3) is 0 Å². The molecule has 0 aliphatic carbocycles. The molecule has 0 amide bonds. The largest absolute Gasteiger partial charge is 0.423 e. The zero-order valence-corrected chi connectivity index (χ0v) is 20.3. The van der Waals surface area contributed by atoms with E-state index in [1.165, 1.54) is 24.3 Å². The SMILES string of the molecule is O=C(Oc1ccc(/C=N/Nc2nc(Nc3ccccc3)nc(N3CCOCC3)n2)cc1)c1ccc(F)cc1. The van der Waals surface area contributed by atoms with Gasteiger partial charge in [0.1, 0.15) is 11.6 Å². The Bertz CT molecular complexity index is 1390. The van der Waals surface area contributed by atoms with Crippen molar-refractivity contribution >= 4 is 35.7 Å². The van der Waals surface area contributed by atoms with E-state index in [0.29, 0.717) is 43.9 Å². The fourth-order valence-electron chi connectivity index (χ4n) is 3.56. The fourth-order valence-corrected chi connectivity index (χ4v) is 3.56. The number of benzene rings is 3. The van der Waals surface area contributed by atoms with E-state index in [-0.39, 0.29) is 11.5 Å². The number of morpholine rings is 1. The second-order valence-corrected chi connectivity index (χ2v) is 8.21. The Balaban J connectivity index is 1.25. The molecule has 1 aliphatic heterocycles. The number of nitrogens with zero attached hydrogens (tertiary/aromatic N) is 5. The maximum Gasteiger partial charge on any atom is 0.343 e. The lowest BCUT2D eigenvalue weighted by molar-refractivity contribution is 0.0734. The van der Waals surface area contributed by atoms with Crippen molar-refractivity contribution in [2.24, 2.45) is 5.10 Å². The van der Waals surface area contributed by atoms with Crippen LogP contribution in [0.15, 0.2) is 84.0 Å². The van der Waals surface area contributed by atoms with Crippen LogP contribution in [0.2, 0.25) is 0 Å². The molecule has 1 fully saturated rings. The van der Waals surface area contributed by atoms with E-state index >= 15 is 0 Å². The van der Waals surface area contributed by atoms with E-state index in [0.717, 1.165) is 11.3 Å². The van der Waals surface area contributed by atoms with Crippen LogP contribution in [-0.4, -0.2) is 53.4 Å². The quantitative estimate of drug-likeness (QED) is 0.154. The monoisotopic (exact) mass is 513 g/mol. The van der Waals surface area contributed by atoms with Crippen molar-refractivity contribution in [2.45, 2.75) is 0 Å². The molecule has 11 heteroatoms. The highest BCUT2D eigenvalue weighted by Gasteiger charge is 2.17. The van der Waals surface area contributed by atoms with Crippen molar-refractivity contribution in [2.75, 3.05) is 41.9 Å². The molecule has 0 atom stereocenters. The summed E-state index contributed by atoms with van der Waals surface area (Å²) in [7, 11) is 0. The van der Waals surface area contributed by atoms with Gasteiger partial charge in [-0.05, 0) is 66.2 Å². The molecular formula is C27H24FN7O3. The number of halogens is 1. The van der Waals surface area contributed by atoms with E-state index < -0.39 is 11.8 Å². The minimum atomic E-state index is -0.570. The zero-order valence-electron chi connectivity index (χ0n) is 20.3. The van der Waals surface area contributed by atoms with Gasteiger partial charge < -0.3 is 19.7 Å². The number of anilines is 4. The predicted octanol–water partition coefficient (Wildman–Crippen LogP) is 4.26. The molecule has 38 heavy (non-hydrogen) atoms. The van der Waals surface area contributed by atoms with Crippen LogP contribution in [0.1, 0.15) is 15.9 Å². The Hall–Kier alpha value is -4.90. The lowest BCUT2D eigenvalue weighted by atomic mass is 10.2. The molecule has 1 aliphatic rings. The highest BCUT2D eigenvalue weighted by Crippen LogP contribution is 2.19. The summed E-state index contributed by atoms with van der Waals surface area (Å²) in [6, 6.07) is 21.6. The third kappa shape index (κ3) is 6.65. The van der Waals surface area contributed by atoms with Crippen LogP contribution in [0.4, 0.5) is 27.9 Å². The number of rotatable bonds is 8. The van der Waals surface area contributed by atoms with Crippen LogP contribution in [0, 0.1) is 5.82 Å². The topological polar surface area (TPSA) is 114 Å². The summed E-state index contributed by atoms with van der Waals surface area (Å²) >= 11 is 0. The number of esters is 1. The van der Waals surface area contributed by atoms with Gasteiger partial charge in [-0.1, -0.05) is 18.2 Å². The highest BCUT2D eigenvalue weighted by molar-refractivity contribution is 5.91. The number of aromatic nitrogens is 3. The smallest absolute Gasteiger partial charge is 0.343 e. The van der Waals surface area contributed by atoms with Gasteiger partial charge in [0.2, 0.25) is 17.8 Å². The Labute approximate surface area is 218 Å². The second kappa shape index (κ2) is 11.9. The number of nitrogens with one attached hydrogen (secondary N) is 2. The van der Waals surface area contributed by atoms with Gasteiger partial charge in [0.15, 0.2) is 0 Å². The minimum Gasteiger partial charge on any atom is -0.423 e. The minimum absolute atomic E-state index is 0.260. The van der Waals surface area contributed by atoms with Gasteiger partial charge in [0.25, 0.3) is 0 Å². The first kappa shape index (κ1) is 24.8. The van der Waals surface area contributed by atoms with Crippen LogP contribution in [0.5, 0.6) is 5.75 Å². The van der Waals surface area contributed by atoms with Crippen LogP contribution in [0.3, 0.4) is 0 Å². The van der Waals surface area contributed by atoms with Gasteiger partial charge in [-0.25, -0.2) is 14.6 Å². The summed E-state index contributed by atoms with van der Waals surface area (Å²) in [6.07, 6.45) is 1.59. The maximum atomic E-state index is 13.1. The molecule has 2 N–H and O–H groups in total. The zero-order chi connectivity index (χ0) is 26.2. The van der Waals surface area contributed by atoms with Gasteiger partial charge in [0.05, 0.1) is 25.0 Å². The molecule has 4 aromatic rings. The number of hydrazone groups is 1. The average molecular weight is 514 g/mol. The first-order valence-electron chi connectivity index (χ1n) is 11.9. The van der Waals surface area contributed by atoms with Gasteiger partial charge in [0, 0.05) is 18.8 Å². The summed E-state index contributed by atoms with van der Waals surface area (Å²) in [6.45, 7) is 2.55. The van der Waals surface area contributed by atoms with Crippen molar-refractivity contribution in [1.82, 2.24) is 15.0 Å². The average Bonchev–Trinajstić information content (AvgIpc) is 2.95. The molecular weight excluding hydrogens is 489 g/mol. The van der Waals surface area contributed by atoms with Crippen LogP contribution >= 0.6 is 0 Å². The predicted molar refractivity (Wildman–Crippen MR) is 142 cm³/mol. The van der Waals surface area contributed by atoms with E-state index in [1.807, 2.05) is 35.2 Å². The van der Waals surface area contributed by atoms with E-state index in [9.17, 15) is 9.18 Å². The molecule has 10 nitrogen and oxygen atoms in total. The van der Waals surface area contributed by atoms with Crippen molar-refractivity contribution in [1.29, 1.82) is 0 Å². The number of ether oxygens (including phenoxy) is 2. The fraction of sp³-hybridized carbons (Fsp3) is 0.148. The van der Waals surface area contributed by atoms with E-state index in [1.54, 1.807) is 30.5 Å². The third-order valence-corrected chi connectivity index (χ3v) is 5.50. The van der Waals surface area contributed by atoms with Crippen LogP contribution in [-0.2, 0) is 4.74 Å². The molecule has 1 saturated heterocycles. The number of carbonyl (C=O) groups excluding carboxylic acids is 1. The number of hydrogen-bond acceptors (Lipinski definition) is 10. The van der Waals surface area contributed by atoms with Gasteiger partial charge >= 0.3 is 5.97 Å². The Morgan fingerprint density at radius 3 is 2.37 bits per heavy atom. The molecule has 1 aromatic heterocycles. The lowest BCUT2D eigenvalue weighted by Crippen LogP contribution is -2.37. The van der Waals surface area contributed by atoms with Crippen molar-refractivity contribution in [3.05, 3.63) is 95.8 Å². The second-order valence-electron chi connectivity index (χ2n) is 8.21. The first-order valence-corrected chi connectivity index (χ1v) is 11.9. The molecule has 3 aromatic carbocycles. The molecule has 2 heterocycles. The first-order chi connectivity index (χ1) is 18.6. The normalized spacial score (nSPS) is 13.3. The van der Waals surface area contributed by atoms with Gasteiger partial charge in [-0.2, -0.15) is 20.1 Å². The Kier molecular flexibility index (Phi) is 7.75. The number of hydrogen-bond donors (Lipinski definition) is 2. The van der Waals surface area contributed by atoms with Gasteiger partial charge in [-0.3, -0.25) is 0 Å². The van der Waals surface area contributed by atoms with E-state index in [4.69, 9.17) is 9.47 Å². The lowest BCUT2D eigenvalue weighted by Gasteiger charge is -2.27. The Morgan fingerprint density at radius 2 is 1.63 bits per heavy atom. The summed E-state index contributed by atoms with van der Waals surface area (Å²) < 4.78 is 23.8. The molecule has 0 unspecified atom stereocenters. The van der Waals surface area contributed by atoms with Gasteiger partial charge in [-0.15, -0.1) is 0 Å². The van der Waals surface area contributed by atoms with Crippen molar-refractivity contribution in [3.63, 3.8) is 0 Å². The summed E-state index contributed by atoms with van der Waals surface area (Å²) in [5.41, 5.74) is 4.73. The third-order valence-electron chi connectivity index (χ3n) is 5.50. The molecule has 0 radical (unpaired) electrons. The summed E-state index contributed by atoms with van der Waals surface area (Å²) in [5.74, 6) is 0.551. The molecule has 0 spiro atoms. The molecule has 192 valence electrons. The summed E-state index contributed by atoms with van der Waals surface area (Å²) in [4.78, 5) is 27.8. The summed E-state index contributed by atoms with van der Waals surface area (Å²) in [5, 5.41) is 7.45. The van der Waals surface area contributed by atoms with E-state index in [2.05, 4.69) is 30.8 Å². The van der Waals surface area contributed by atoms with Crippen molar-refractivity contribution in [3.8, 4) is 5.75 Å². The molecule has 0 saturated carbocycles.